The summed E-state index contributed by atoms with van der Waals surface area (Å²) in [5.74, 6) is 3.64. The molecule has 0 spiro atoms. The van der Waals surface area contributed by atoms with Gasteiger partial charge in [0.2, 0.25) is 5.82 Å². The lowest BCUT2D eigenvalue weighted by Gasteiger charge is -2.18. The summed E-state index contributed by atoms with van der Waals surface area (Å²) in [6.45, 7) is 6.20. The lowest BCUT2D eigenvalue weighted by atomic mass is 9.97. The first-order valence-electron chi connectivity index (χ1n) is 9.66. The van der Waals surface area contributed by atoms with Gasteiger partial charge in [-0.2, -0.15) is 5.10 Å². The maximum absolute atomic E-state index is 5.31. The highest BCUT2D eigenvalue weighted by Crippen LogP contribution is 2.15. The third-order valence-corrected chi connectivity index (χ3v) is 4.37. The molecule has 2 aromatic rings. The van der Waals surface area contributed by atoms with E-state index in [-0.39, 0.29) is 0 Å². The number of nitrogens with zero attached hydrogens (tertiary/aromatic N) is 3. The second-order valence-corrected chi connectivity index (χ2v) is 6.51. The van der Waals surface area contributed by atoms with Crippen molar-refractivity contribution in [3.05, 3.63) is 24.2 Å². The van der Waals surface area contributed by atoms with Crippen molar-refractivity contribution in [3.8, 4) is 11.6 Å². The van der Waals surface area contributed by atoms with Crippen LogP contribution in [0.3, 0.4) is 0 Å². The molecule has 3 N–H and O–H groups in total. The molecule has 2 aromatic heterocycles. The molecule has 2 rings (SSSR count). The molecule has 0 saturated heterocycles. The van der Waals surface area contributed by atoms with E-state index in [2.05, 4.69) is 44.7 Å². The fourth-order valence-corrected chi connectivity index (χ4v) is 2.93. The lowest BCUT2D eigenvalue weighted by Crippen LogP contribution is -2.40. The fraction of sp³-hybridized carbons (Fsp3) is 0.632. The molecule has 0 saturated carbocycles. The largest absolute Gasteiger partial charge is 0.461 e. The molecule has 0 bridgehead atoms. The van der Waals surface area contributed by atoms with Gasteiger partial charge in [-0.15, -0.1) is 0 Å². The van der Waals surface area contributed by atoms with Crippen LogP contribution < -0.4 is 10.6 Å². The second kappa shape index (κ2) is 11.3. The minimum absolute atomic E-state index is 0.589. The fourth-order valence-electron chi connectivity index (χ4n) is 2.93. The SMILES string of the molecule is CCCCC(CCC)CNC(=NC)NCCc1nc(-c2ccco2)n[nH]1. The third-order valence-electron chi connectivity index (χ3n) is 4.37. The van der Waals surface area contributed by atoms with Crippen molar-refractivity contribution in [1.82, 2.24) is 25.8 Å². The molecule has 0 fully saturated rings. The quantitative estimate of drug-likeness (QED) is 0.422. The highest BCUT2D eigenvalue weighted by molar-refractivity contribution is 5.79. The van der Waals surface area contributed by atoms with E-state index in [1.807, 2.05) is 12.1 Å². The molecular formula is C19H32N6O. The van der Waals surface area contributed by atoms with E-state index in [1.165, 1.54) is 32.1 Å². The number of nitrogens with one attached hydrogen (secondary N) is 3. The van der Waals surface area contributed by atoms with Crippen LogP contribution in [0.15, 0.2) is 27.8 Å². The van der Waals surface area contributed by atoms with E-state index in [9.17, 15) is 0 Å². The molecule has 7 nitrogen and oxygen atoms in total. The summed E-state index contributed by atoms with van der Waals surface area (Å²) >= 11 is 0. The molecule has 144 valence electrons. The molecule has 7 heteroatoms. The maximum Gasteiger partial charge on any atom is 0.216 e. The van der Waals surface area contributed by atoms with Gasteiger partial charge in [-0.1, -0.05) is 33.1 Å². The Morgan fingerprint density at radius 2 is 2.15 bits per heavy atom. The van der Waals surface area contributed by atoms with Gasteiger partial charge in [-0.05, 0) is 30.9 Å². The predicted octanol–water partition coefficient (Wildman–Crippen LogP) is 3.38. The topological polar surface area (TPSA) is 91.1 Å². The number of aromatic nitrogens is 3. The Bertz CT molecular complexity index is 634. The zero-order chi connectivity index (χ0) is 18.6. The molecule has 0 aliphatic heterocycles. The van der Waals surface area contributed by atoms with E-state index in [4.69, 9.17) is 4.42 Å². The summed E-state index contributed by atoms with van der Waals surface area (Å²) < 4.78 is 5.31. The van der Waals surface area contributed by atoms with E-state index >= 15 is 0 Å². The van der Waals surface area contributed by atoms with Gasteiger partial charge in [0.15, 0.2) is 11.7 Å². The number of aromatic amines is 1. The van der Waals surface area contributed by atoms with Crippen LogP contribution in [0.4, 0.5) is 0 Å². The first-order valence-corrected chi connectivity index (χ1v) is 9.66. The number of hydrogen-bond donors (Lipinski definition) is 3. The Morgan fingerprint density at radius 1 is 1.27 bits per heavy atom. The second-order valence-electron chi connectivity index (χ2n) is 6.51. The lowest BCUT2D eigenvalue weighted by molar-refractivity contribution is 0.423. The van der Waals surface area contributed by atoms with Gasteiger partial charge in [0, 0.05) is 26.6 Å². The molecule has 1 unspecified atom stereocenters. The highest BCUT2D eigenvalue weighted by Gasteiger charge is 2.10. The zero-order valence-corrected chi connectivity index (χ0v) is 16.2. The first-order chi connectivity index (χ1) is 12.8. The van der Waals surface area contributed by atoms with E-state index in [0.29, 0.717) is 17.5 Å². The van der Waals surface area contributed by atoms with Gasteiger partial charge in [0.1, 0.15) is 5.82 Å². The summed E-state index contributed by atoms with van der Waals surface area (Å²) in [6, 6.07) is 3.68. The number of H-pyrrole nitrogens is 1. The standard InChI is InChI=1S/C19H32N6O/c1-4-6-9-15(8-5-2)14-22-19(20-3)21-12-11-17-23-18(25-24-17)16-10-7-13-26-16/h7,10,13,15H,4-6,8-9,11-12,14H2,1-3H3,(H2,20,21,22)(H,23,24,25). The van der Waals surface area contributed by atoms with Crippen LogP contribution in [0.2, 0.25) is 0 Å². The first kappa shape index (κ1) is 20.0. The van der Waals surface area contributed by atoms with Crippen molar-refractivity contribution in [2.45, 2.75) is 52.4 Å². The number of furan rings is 1. The van der Waals surface area contributed by atoms with E-state index in [0.717, 1.165) is 31.3 Å². The molecular weight excluding hydrogens is 328 g/mol. The summed E-state index contributed by atoms with van der Waals surface area (Å²) in [5, 5.41) is 13.9. The van der Waals surface area contributed by atoms with Crippen molar-refractivity contribution in [2.75, 3.05) is 20.1 Å². The van der Waals surface area contributed by atoms with E-state index in [1.54, 1.807) is 13.3 Å². The molecule has 0 amide bonds. The minimum atomic E-state index is 0.589. The highest BCUT2D eigenvalue weighted by atomic mass is 16.3. The van der Waals surface area contributed by atoms with Crippen LogP contribution >= 0.6 is 0 Å². The van der Waals surface area contributed by atoms with Crippen molar-refractivity contribution in [3.63, 3.8) is 0 Å². The molecule has 0 aliphatic carbocycles. The monoisotopic (exact) mass is 360 g/mol. The number of hydrogen-bond acceptors (Lipinski definition) is 4. The molecule has 26 heavy (non-hydrogen) atoms. The maximum atomic E-state index is 5.31. The van der Waals surface area contributed by atoms with Gasteiger partial charge in [-0.25, -0.2) is 4.98 Å². The van der Waals surface area contributed by atoms with Crippen LogP contribution in [0.1, 0.15) is 51.8 Å². The number of unbranched alkanes of at least 4 members (excludes halogenated alkanes) is 1. The van der Waals surface area contributed by atoms with Crippen molar-refractivity contribution in [1.29, 1.82) is 0 Å². The minimum Gasteiger partial charge on any atom is -0.461 e. The average molecular weight is 361 g/mol. The Balaban J connectivity index is 1.73. The Morgan fingerprint density at radius 3 is 2.85 bits per heavy atom. The predicted molar refractivity (Wildman–Crippen MR) is 105 cm³/mol. The molecule has 1 atom stereocenters. The molecule has 2 heterocycles. The molecule has 0 aliphatic rings. The number of guanidine groups is 1. The van der Waals surface area contributed by atoms with Gasteiger partial charge in [0.05, 0.1) is 6.26 Å². The van der Waals surface area contributed by atoms with E-state index < -0.39 is 0 Å². The number of aliphatic imine (C=N–C) groups is 1. The van der Waals surface area contributed by atoms with Crippen molar-refractivity contribution in [2.24, 2.45) is 10.9 Å². The van der Waals surface area contributed by atoms with Gasteiger partial charge < -0.3 is 15.1 Å². The smallest absolute Gasteiger partial charge is 0.216 e. The summed E-state index contributed by atoms with van der Waals surface area (Å²) in [4.78, 5) is 8.76. The Kier molecular flexibility index (Phi) is 8.72. The van der Waals surface area contributed by atoms with Crippen LogP contribution in [-0.4, -0.2) is 41.3 Å². The van der Waals surface area contributed by atoms with Crippen molar-refractivity contribution < 1.29 is 4.42 Å². The zero-order valence-electron chi connectivity index (χ0n) is 16.2. The number of rotatable bonds is 11. The van der Waals surface area contributed by atoms with Gasteiger partial charge in [0.25, 0.3) is 0 Å². The average Bonchev–Trinajstić information content (AvgIpc) is 3.33. The van der Waals surface area contributed by atoms with Gasteiger partial charge >= 0.3 is 0 Å². The Hall–Kier alpha value is -2.31. The van der Waals surface area contributed by atoms with Crippen LogP contribution in [0, 0.1) is 5.92 Å². The summed E-state index contributed by atoms with van der Waals surface area (Å²) in [5.41, 5.74) is 0. The normalized spacial score (nSPS) is 13.0. The molecule has 0 aromatic carbocycles. The van der Waals surface area contributed by atoms with Crippen LogP contribution in [0.25, 0.3) is 11.6 Å². The summed E-state index contributed by atoms with van der Waals surface area (Å²) in [7, 11) is 1.81. The van der Waals surface area contributed by atoms with Crippen LogP contribution in [0.5, 0.6) is 0 Å². The van der Waals surface area contributed by atoms with Crippen LogP contribution in [-0.2, 0) is 6.42 Å². The third kappa shape index (κ3) is 6.54. The van der Waals surface area contributed by atoms with Gasteiger partial charge in [-0.3, -0.25) is 10.1 Å². The summed E-state index contributed by atoms with van der Waals surface area (Å²) in [6.07, 6.45) is 8.68. The molecule has 0 radical (unpaired) electrons. The Labute approximate surface area is 156 Å². The van der Waals surface area contributed by atoms with Crippen molar-refractivity contribution >= 4 is 5.96 Å².